The fraction of sp³-hybridized carbons (Fsp3) is 0.833. The molecule has 2 bridgehead atoms. The Hall–Kier alpha value is -1.14. The van der Waals surface area contributed by atoms with Crippen LogP contribution in [0.25, 0.3) is 0 Å². The predicted octanol–water partition coefficient (Wildman–Crippen LogP) is -0.134. The van der Waals surface area contributed by atoms with Crippen LogP contribution in [0.1, 0.15) is 19.3 Å². The monoisotopic (exact) mass is 255 g/mol. The van der Waals surface area contributed by atoms with Crippen LogP contribution >= 0.6 is 0 Å². The maximum Gasteiger partial charge on any atom is 0.334 e. The van der Waals surface area contributed by atoms with Crippen molar-refractivity contribution in [3.8, 4) is 0 Å². The Kier molecular flexibility index (Phi) is 2.99. The highest BCUT2D eigenvalue weighted by Crippen LogP contribution is 2.39. The molecule has 4 unspecified atom stereocenters. The molecular formula is C12H17NO5. The summed E-state index contributed by atoms with van der Waals surface area (Å²) in [6, 6.07) is 0. The number of carbonyl (C=O) groups is 2. The molecule has 100 valence electrons. The molecule has 3 saturated heterocycles. The number of fused-ring (bicyclic) bond motifs is 2. The molecule has 1 amide bonds. The van der Waals surface area contributed by atoms with Crippen molar-refractivity contribution in [1.82, 2.24) is 4.90 Å². The number of carboxylic acids is 1. The van der Waals surface area contributed by atoms with Gasteiger partial charge in [0, 0.05) is 6.54 Å². The van der Waals surface area contributed by atoms with Crippen LogP contribution in [0.3, 0.4) is 0 Å². The number of morpholine rings is 1. The first-order valence-corrected chi connectivity index (χ1v) is 6.44. The van der Waals surface area contributed by atoms with Crippen LogP contribution in [0.2, 0.25) is 0 Å². The van der Waals surface area contributed by atoms with Gasteiger partial charge in [0.1, 0.15) is 0 Å². The summed E-state index contributed by atoms with van der Waals surface area (Å²) in [5.74, 6) is -1.04. The van der Waals surface area contributed by atoms with Gasteiger partial charge in [-0.2, -0.15) is 0 Å². The van der Waals surface area contributed by atoms with Crippen molar-refractivity contribution >= 4 is 11.9 Å². The Bertz CT molecular complexity index is 371. The molecule has 0 aromatic heterocycles. The van der Waals surface area contributed by atoms with Gasteiger partial charge in [-0.3, -0.25) is 4.79 Å². The minimum atomic E-state index is -1.00. The molecule has 0 radical (unpaired) electrons. The van der Waals surface area contributed by atoms with Crippen LogP contribution in [0.15, 0.2) is 0 Å². The van der Waals surface area contributed by atoms with E-state index < -0.39 is 12.1 Å². The molecule has 3 aliphatic rings. The van der Waals surface area contributed by atoms with Crippen molar-refractivity contribution in [1.29, 1.82) is 0 Å². The third-order valence-electron chi connectivity index (χ3n) is 4.08. The smallest absolute Gasteiger partial charge is 0.334 e. The quantitative estimate of drug-likeness (QED) is 0.743. The number of hydrogen-bond acceptors (Lipinski definition) is 4. The molecule has 4 atom stereocenters. The normalized spacial score (nSPS) is 39.0. The van der Waals surface area contributed by atoms with Crippen LogP contribution in [-0.4, -0.2) is 59.9 Å². The molecule has 3 aliphatic heterocycles. The van der Waals surface area contributed by atoms with Crippen molar-refractivity contribution in [3.05, 3.63) is 0 Å². The van der Waals surface area contributed by atoms with Gasteiger partial charge in [0.25, 0.3) is 0 Å². The highest BCUT2D eigenvalue weighted by Gasteiger charge is 2.46. The zero-order valence-electron chi connectivity index (χ0n) is 10.1. The van der Waals surface area contributed by atoms with Gasteiger partial charge >= 0.3 is 5.97 Å². The standard InChI is InChI=1S/C12H17NO5/c14-11(8-5-7-1-2-9(8)18-7)13-3-4-17-10(6-13)12(15)16/h7-10H,1-6H2,(H,15,16). The van der Waals surface area contributed by atoms with E-state index in [2.05, 4.69) is 0 Å². The summed E-state index contributed by atoms with van der Waals surface area (Å²) in [7, 11) is 0. The van der Waals surface area contributed by atoms with Gasteiger partial charge in [0.15, 0.2) is 6.10 Å². The van der Waals surface area contributed by atoms with Crippen molar-refractivity contribution in [2.45, 2.75) is 37.6 Å². The second kappa shape index (κ2) is 4.51. The first-order chi connectivity index (χ1) is 8.65. The Balaban J connectivity index is 1.64. The van der Waals surface area contributed by atoms with E-state index in [-0.39, 0.29) is 30.6 Å². The number of aliphatic carboxylic acids is 1. The van der Waals surface area contributed by atoms with Crippen molar-refractivity contribution in [2.24, 2.45) is 5.92 Å². The molecule has 18 heavy (non-hydrogen) atoms. The Morgan fingerprint density at radius 3 is 2.72 bits per heavy atom. The number of ether oxygens (including phenoxy) is 2. The average Bonchev–Trinajstić information content (AvgIpc) is 3.00. The molecule has 1 N–H and O–H groups in total. The van der Waals surface area contributed by atoms with E-state index in [9.17, 15) is 9.59 Å². The van der Waals surface area contributed by atoms with E-state index in [4.69, 9.17) is 14.6 Å². The summed E-state index contributed by atoms with van der Waals surface area (Å²) < 4.78 is 10.8. The number of amides is 1. The SMILES string of the molecule is O=C(O)C1CN(C(=O)C2CC3CCC2O3)CCO1. The fourth-order valence-electron chi connectivity index (χ4n) is 3.13. The lowest BCUT2D eigenvalue weighted by Crippen LogP contribution is -2.51. The maximum atomic E-state index is 12.4. The molecule has 0 aromatic rings. The lowest BCUT2D eigenvalue weighted by molar-refractivity contribution is -0.161. The number of nitrogens with zero attached hydrogens (tertiary/aromatic N) is 1. The fourth-order valence-corrected chi connectivity index (χ4v) is 3.13. The average molecular weight is 255 g/mol. The van der Waals surface area contributed by atoms with Gasteiger partial charge in [-0.15, -0.1) is 0 Å². The molecule has 3 fully saturated rings. The van der Waals surface area contributed by atoms with E-state index in [1.165, 1.54) is 0 Å². The third kappa shape index (κ3) is 1.99. The predicted molar refractivity (Wildman–Crippen MR) is 60.0 cm³/mol. The summed E-state index contributed by atoms with van der Waals surface area (Å²) in [4.78, 5) is 24.9. The van der Waals surface area contributed by atoms with Crippen LogP contribution < -0.4 is 0 Å². The number of carboxylic acid groups (broad SMARTS) is 1. The van der Waals surface area contributed by atoms with Gasteiger partial charge in [0.2, 0.25) is 5.91 Å². The summed E-state index contributed by atoms with van der Waals surface area (Å²) >= 11 is 0. The Morgan fingerprint density at radius 2 is 2.11 bits per heavy atom. The molecule has 0 spiro atoms. The van der Waals surface area contributed by atoms with E-state index in [1.54, 1.807) is 4.90 Å². The van der Waals surface area contributed by atoms with E-state index in [0.717, 1.165) is 19.3 Å². The molecule has 0 aliphatic carbocycles. The van der Waals surface area contributed by atoms with E-state index in [1.807, 2.05) is 0 Å². The first kappa shape index (κ1) is 11.9. The Labute approximate surface area is 105 Å². The lowest BCUT2D eigenvalue weighted by atomic mass is 9.88. The molecule has 6 nitrogen and oxygen atoms in total. The zero-order chi connectivity index (χ0) is 12.7. The largest absolute Gasteiger partial charge is 0.479 e. The third-order valence-corrected chi connectivity index (χ3v) is 4.08. The molecule has 0 saturated carbocycles. The summed E-state index contributed by atoms with van der Waals surface area (Å²) in [6.07, 6.45) is 2.19. The van der Waals surface area contributed by atoms with E-state index in [0.29, 0.717) is 13.2 Å². The van der Waals surface area contributed by atoms with Gasteiger partial charge in [-0.25, -0.2) is 4.79 Å². The van der Waals surface area contributed by atoms with Gasteiger partial charge in [0.05, 0.1) is 31.3 Å². The lowest BCUT2D eigenvalue weighted by Gasteiger charge is -2.33. The van der Waals surface area contributed by atoms with Crippen molar-refractivity contribution in [2.75, 3.05) is 19.7 Å². The number of rotatable bonds is 2. The second-order valence-electron chi connectivity index (χ2n) is 5.20. The van der Waals surface area contributed by atoms with Crippen LogP contribution in [-0.2, 0) is 19.1 Å². The zero-order valence-corrected chi connectivity index (χ0v) is 10.1. The summed E-state index contributed by atoms with van der Waals surface area (Å²) in [6.45, 7) is 0.933. The summed E-state index contributed by atoms with van der Waals surface area (Å²) in [5, 5.41) is 8.92. The van der Waals surface area contributed by atoms with E-state index >= 15 is 0 Å². The first-order valence-electron chi connectivity index (χ1n) is 6.44. The molecule has 0 aromatic carbocycles. The van der Waals surface area contributed by atoms with Crippen molar-refractivity contribution < 1.29 is 24.2 Å². The Morgan fingerprint density at radius 1 is 1.28 bits per heavy atom. The van der Waals surface area contributed by atoms with Gasteiger partial charge < -0.3 is 19.5 Å². The van der Waals surface area contributed by atoms with Crippen LogP contribution in [0.4, 0.5) is 0 Å². The number of carbonyl (C=O) groups excluding carboxylic acids is 1. The molecule has 3 rings (SSSR count). The highest BCUT2D eigenvalue weighted by molar-refractivity contribution is 5.81. The second-order valence-corrected chi connectivity index (χ2v) is 5.20. The van der Waals surface area contributed by atoms with Gasteiger partial charge in [-0.1, -0.05) is 0 Å². The molecular weight excluding hydrogens is 238 g/mol. The summed E-state index contributed by atoms with van der Waals surface area (Å²) in [5.41, 5.74) is 0. The molecule has 3 heterocycles. The van der Waals surface area contributed by atoms with Gasteiger partial charge in [-0.05, 0) is 19.3 Å². The van der Waals surface area contributed by atoms with Crippen LogP contribution in [0, 0.1) is 5.92 Å². The minimum absolute atomic E-state index is 0.0387. The topological polar surface area (TPSA) is 76.1 Å². The molecule has 6 heteroatoms. The maximum absolute atomic E-state index is 12.4. The highest BCUT2D eigenvalue weighted by atomic mass is 16.5. The van der Waals surface area contributed by atoms with Crippen molar-refractivity contribution in [3.63, 3.8) is 0 Å². The number of hydrogen-bond donors (Lipinski definition) is 1. The van der Waals surface area contributed by atoms with Crippen LogP contribution in [0.5, 0.6) is 0 Å². The minimum Gasteiger partial charge on any atom is -0.479 e.